The molecule has 0 fully saturated rings. The van der Waals surface area contributed by atoms with E-state index >= 15 is 0 Å². The highest BCUT2D eigenvalue weighted by atomic mass is 16.1. The molecule has 5 heteroatoms. The lowest BCUT2D eigenvalue weighted by Crippen LogP contribution is -2.13. The van der Waals surface area contributed by atoms with Crippen LogP contribution in [0.1, 0.15) is 11.6 Å². The van der Waals surface area contributed by atoms with Gasteiger partial charge in [0, 0.05) is 14.1 Å². The topological polar surface area (TPSA) is 52.7 Å². The highest BCUT2D eigenvalue weighted by Gasteiger charge is 2.15. The van der Waals surface area contributed by atoms with Gasteiger partial charge in [0.05, 0.1) is 34.9 Å². The van der Waals surface area contributed by atoms with E-state index in [1.165, 1.54) is 0 Å². The first-order valence-electron chi connectivity index (χ1n) is 7.96. The number of aryl methyl sites for hydroxylation is 2. The summed E-state index contributed by atoms with van der Waals surface area (Å²) in [6.45, 7) is 0. The van der Waals surface area contributed by atoms with Gasteiger partial charge in [0.1, 0.15) is 17.4 Å². The summed E-state index contributed by atoms with van der Waals surface area (Å²) in [5.74, 6) is 1.70. The van der Waals surface area contributed by atoms with E-state index in [1.54, 1.807) is 0 Å². The predicted octanol–water partition coefficient (Wildman–Crippen LogP) is 2.81. The normalized spacial score (nSPS) is 11.4. The third-order valence-electron chi connectivity index (χ3n) is 4.47. The third kappa shape index (κ3) is 2.38. The molecule has 0 atom stereocenters. The lowest BCUT2D eigenvalue weighted by atomic mass is 10.2. The van der Waals surface area contributed by atoms with Crippen molar-refractivity contribution in [2.75, 3.05) is 0 Å². The number of rotatable bonds is 4. The zero-order valence-electron chi connectivity index (χ0n) is 13.7. The summed E-state index contributed by atoms with van der Waals surface area (Å²) in [7, 11) is 3.90. The van der Waals surface area contributed by atoms with Crippen LogP contribution in [0.3, 0.4) is 0 Å². The van der Waals surface area contributed by atoms with Crippen LogP contribution >= 0.6 is 0 Å². The smallest absolute Gasteiger partial charge is 0.147 e. The van der Waals surface area contributed by atoms with Gasteiger partial charge < -0.3 is 9.13 Å². The summed E-state index contributed by atoms with van der Waals surface area (Å²) in [4.78, 5) is 21.7. The number of imidazole rings is 2. The van der Waals surface area contributed by atoms with Gasteiger partial charge in [-0.3, -0.25) is 4.79 Å². The van der Waals surface area contributed by atoms with Crippen LogP contribution in [0.15, 0.2) is 48.5 Å². The number of fused-ring (bicyclic) bond motifs is 2. The van der Waals surface area contributed by atoms with Crippen LogP contribution in [0.4, 0.5) is 0 Å². The molecule has 0 bridgehead atoms. The van der Waals surface area contributed by atoms with Gasteiger partial charge in [0.25, 0.3) is 0 Å². The Labute approximate surface area is 139 Å². The van der Waals surface area contributed by atoms with Gasteiger partial charge in [0.2, 0.25) is 0 Å². The van der Waals surface area contributed by atoms with Gasteiger partial charge >= 0.3 is 0 Å². The van der Waals surface area contributed by atoms with Crippen molar-refractivity contribution in [1.29, 1.82) is 0 Å². The van der Waals surface area contributed by atoms with E-state index in [0.717, 1.165) is 33.7 Å². The Balaban J connectivity index is 1.59. The minimum absolute atomic E-state index is 0.117. The van der Waals surface area contributed by atoms with E-state index in [1.807, 2.05) is 71.8 Å². The van der Waals surface area contributed by atoms with Crippen LogP contribution in [-0.2, 0) is 31.7 Å². The summed E-state index contributed by atoms with van der Waals surface area (Å²) < 4.78 is 3.98. The first-order chi connectivity index (χ1) is 11.6. The molecule has 0 saturated carbocycles. The van der Waals surface area contributed by atoms with Crippen LogP contribution in [-0.4, -0.2) is 24.9 Å². The monoisotopic (exact) mass is 318 g/mol. The number of hydrogen-bond donors (Lipinski definition) is 0. The van der Waals surface area contributed by atoms with Crippen molar-refractivity contribution in [3.8, 4) is 0 Å². The first kappa shape index (κ1) is 14.6. The number of carbonyl (C=O) groups excluding carboxylic acids is 1. The second-order valence-electron chi connectivity index (χ2n) is 6.04. The molecule has 4 rings (SSSR count). The molecule has 2 aromatic carbocycles. The number of aromatic nitrogens is 4. The second-order valence-corrected chi connectivity index (χ2v) is 6.04. The maximum Gasteiger partial charge on any atom is 0.147 e. The maximum absolute atomic E-state index is 12.5. The van der Waals surface area contributed by atoms with E-state index in [4.69, 9.17) is 0 Å². The standard InChI is InChI=1S/C19H18N4O/c1-22-16-9-5-3-7-14(16)20-18(22)11-13(24)12-19-21-15-8-4-6-10-17(15)23(19)2/h3-10H,11-12H2,1-2H3. The quantitative estimate of drug-likeness (QED) is 0.581. The van der Waals surface area contributed by atoms with Crippen LogP contribution in [0.5, 0.6) is 0 Å². The molecule has 24 heavy (non-hydrogen) atoms. The van der Waals surface area contributed by atoms with Crippen molar-refractivity contribution < 1.29 is 4.79 Å². The Morgan fingerprint density at radius 3 is 1.62 bits per heavy atom. The molecule has 120 valence electrons. The SMILES string of the molecule is Cn1c(CC(=O)Cc2nc3ccccc3n2C)nc2ccccc21. The Kier molecular flexibility index (Phi) is 3.41. The number of Topliss-reactive ketones (excluding diaryl/α,β-unsaturated/α-hetero) is 1. The van der Waals surface area contributed by atoms with Crippen LogP contribution in [0.2, 0.25) is 0 Å². The zero-order chi connectivity index (χ0) is 16.7. The minimum Gasteiger partial charge on any atom is -0.331 e. The molecule has 0 N–H and O–H groups in total. The number of para-hydroxylation sites is 4. The van der Waals surface area contributed by atoms with Crippen molar-refractivity contribution in [3.63, 3.8) is 0 Å². The summed E-state index contributed by atoms with van der Waals surface area (Å²) in [6, 6.07) is 15.8. The van der Waals surface area contributed by atoms with E-state index in [0.29, 0.717) is 12.8 Å². The fraction of sp³-hybridized carbons (Fsp3) is 0.211. The molecule has 0 aliphatic carbocycles. The molecular weight excluding hydrogens is 300 g/mol. The minimum atomic E-state index is 0.117. The Morgan fingerprint density at radius 2 is 1.21 bits per heavy atom. The number of ketones is 1. The summed E-state index contributed by atoms with van der Waals surface area (Å²) in [5, 5.41) is 0. The summed E-state index contributed by atoms with van der Waals surface area (Å²) in [5.41, 5.74) is 3.93. The molecular formula is C19H18N4O. The first-order valence-corrected chi connectivity index (χ1v) is 7.96. The molecule has 0 saturated heterocycles. The fourth-order valence-corrected chi connectivity index (χ4v) is 3.12. The van der Waals surface area contributed by atoms with Gasteiger partial charge in [-0.15, -0.1) is 0 Å². The van der Waals surface area contributed by atoms with Crippen molar-refractivity contribution in [1.82, 2.24) is 19.1 Å². The summed E-state index contributed by atoms with van der Waals surface area (Å²) >= 11 is 0. The van der Waals surface area contributed by atoms with E-state index in [2.05, 4.69) is 9.97 Å². The number of hydrogen-bond acceptors (Lipinski definition) is 3. The van der Waals surface area contributed by atoms with E-state index in [-0.39, 0.29) is 5.78 Å². The Morgan fingerprint density at radius 1 is 0.792 bits per heavy atom. The Hall–Kier alpha value is -2.95. The highest BCUT2D eigenvalue weighted by molar-refractivity contribution is 5.85. The van der Waals surface area contributed by atoms with Crippen molar-refractivity contribution in [3.05, 3.63) is 60.2 Å². The number of benzene rings is 2. The lowest BCUT2D eigenvalue weighted by molar-refractivity contribution is -0.118. The average Bonchev–Trinajstić information content (AvgIpc) is 3.06. The average molecular weight is 318 g/mol. The van der Waals surface area contributed by atoms with Crippen LogP contribution < -0.4 is 0 Å². The fourth-order valence-electron chi connectivity index (χ4n) is 3.12. The van der Waals surface area contributed by atoms with Crippen molar-refractivity contribution in [2.45, 2.75) is 12.8 Å². The molecule has 2 aromatic heterocycles. The molecule has 5 nitrogen and oxygen atoms in total. The Bertz CT molecular complexity index is 974. The lowest BCUT2D eigenvalue weighted by Gasteiger charge is -2.03. The van der Waals surface area contributed by atoms with E-state index < -0.39 is 0 Å². The van der Waals surface area contributed by atoms with E-state index in [9.17, 15) is 4.79 Å². The number of nitrogens with zero attached hydrogens (tertiary/aromatic N) is 4. The molecule has 2 heterocycles. The second kappa shape index (κ2) is 5.60. The third-order valence-corrected chi connectivity index (χ3v) is 4.47. The van der Waals surface area contributed by atoms with Crippen molar-refractivity contribution in [2.24, 2.45) is 14.1 Å². The molecule has 0 spiro atoms. The molecule has 0 aliphatic heterocycles. The predicted molar refractivity (Wildman–Crippen MR) is 93.8 cm³/mol. The maximum atomic E-state index is 12.5. The summed E-state index contributed by atoms with van der Waals surface area (Å²) in [6.07, 6.45) is 0.628. The van der Waals surface area contributed by atoms with Gasteiger partial charge in [-0.1, -0.05) is 24.3 Å². The van der Waals surface area contributed by atoms with Gasteiger partial charge in [-0.25, -0.2) is 9.97 Å². The number of carbonyl (C=O) groups is 1. The zero-order valence-corrected chi connectivity index (χ0v) is 13.7. The largest absolute Gasteiger partial charge is 0.331 e. The van der Waals surface area contributed by atoms with Gasteiger partial charge in [-0.2, -0.15) is 0 Å². The molecule has 0 unspecified atom stereocenters. The molecule has 4 aromatic rings. The molecule has 0 aliphatic rings. The van der Waals surface area contributed by atoms with Crippen molar-refractivity contribution >= 4 is 27.9 Å². The van der Waals surface area contributed by atoms with Gasteiger partial charge in [-0.05, 0) is 24.3 Å². The molecule has 0 amide bonds. The van der Waals surface area contributed by atoms with Crippen LogP contribution in [0.25, 0.3) is 22.1 Å². The molecule has 0 radical (unpaired) electrons. The highest BCUT2D eigenvalue weighted by Crippen LogP contribution is 2.17. The van der Waals surface area contributed by atoms with Crippen LogP contribution in [0, 0.1) is 0 Å². The van der Waals surface area contributed by atoms with Gasteiger partial charge in [0.15, 0.2) is 0 Å².